The van der Waals surface area contributed by atoms with E-state index in [1.165, 1.54) is 0 Å². The lowest BCUT2D eigenvalue weighted by Gasteiger charge is -2.15. The number of methoxy groups -OCH3 is 1. The topological polar surface area (TPSA) is 30.5 Å². The van der Waals surface area contributed by atoms with E-state index in [-0.39, 0.29) is 6.10 Å². The summed E-state index contributed by atoms with van der Waals surface area (Å²) in [6.45, 7) is 6.11. The highest BCUT2D eigenvalue weighted by Crippen LogP contribution is 2.19. The maximum atomic E-state index is 5.76. The van der Waals surface area contributed by atoms with Crippen LogP contribution in [0.15, 0.2) is 24.3 Å². The summed E-state index contributed by atoms with van der Waals surface area (Å²) in [6, 6.07) is 7.68. The molecule has 0 aliphatic carbocycles. The molecule has 3 heteroatoms. The molecule has 1 N–H and O–H groups in total. The monoisotopic (exact) mass is 223 g/mol. The van der Waals surface area contributed by atoms with Crippen LogP contribution in [0.1, 0.15) is 20.3 Å². The van der Waals surface area contributed by atoms with Crippen molar-refractivity contribution < 1.29 is 9.47 Å². The minimum Gasteiger partial charge on any atom is -0.497 e. The molecule has 90 valence electrons. The quantitative estimate of drug-likeness (QED) is 0.720. The Hall–Kier alpha value is -1.22. The molecule has 0 heterocycles. The lowest BCUT2D eigenvalue weighted by molar-refractivity contribution is 0.216. The first-order valence-electron chi connectivity index (χ1n) is 5.77. The first-order valence-corrected chi connectivity index (χ1v) is 5.77. The van der Waals surface area contributed by atoms with E-state index in [0.29, 0.717) is 0 Å². The van der Waals surface area contributed by atoms with Gasteiger partial charge in [0.2, 0.25) is 0 Å². The van der Waals surface area contributed by atoms with Gasteiger partial charge in [-0.15, -0.1) is 0 Å². The number of hydrogen-bond donors (Lipinski definition) is 1. The van der Waals surface area contributed by atoms with Crippen molar-refractivity contribution in [2.24, 2.45) is 0 Å². The maximum absolute atomic E-state index is 5.76. The molecule has 0 saturated carbocycles. The zero-order chi connectivity index (χ0) is 11.8. The van der Waals surface area contributed by atoms with Gasteiger partial charge in [0.05, 0.1) is 7.11 Å². The zero-order valence-corrected chi connectivity index (χ0v) is 10.3. The smallest absolute Gasteiger partial charge is 0.123 e. The van der Waals surface area contributed by atoms with Gasteiger partial charge >= 0.3 is 0 Å². The Balaban J connectivity index is 2.39. The van der Waals surface area contributed by atoms with Crippen molar-refractivity contribution in [1.82, 2.24) is 5.32 Å². The Morgan fingerprint density at radius 2 is 2.06 bits per heavy atom. The molecule has 3 nitrogen and oxygen atoms in total. The summed E-state index contributed by atoms with van der Waals surface area (Å²) in [4.78, 5) is 0. The molecule has 16 heavy (non-hydrogen) atoms. The summed E-state index contributed by atoms with van der Waals surface area (Å²) in [7, 11) is 1.66. The van der Waals surface area contributed by atoms with Crippen LogP contribution in [-0.2, 0) is 0 Å². The maximum Gasteiger partial charge on any atom is 0.123 e. The van der Waals surface area contributed by atoms with Gasteiger partial charge in [-0.25, -0.2) is 0 Å². The fourth-order valence-electron chi connectivity index (χ4n) is 1.43. The molecule has 0 saturated heterocycles. The Labute approximate surface area is 97.8 Å². The molecule has 0 radical (unpaired) electrons. The highest BCUT2D eigenvalue weighted by molar-refractivity contribution is 5.32. The average Bonchev–Trinajstić information content (AvgIpc) is 2.29. The number of ether oxygens (including phenoxy) is 2. The molecule has 1 unspecified atom stereocenters. The molecular formula is C13H21NO2. The molecule has 0 bridgehead atoms. The van der Waals surface area contributed by atoms with Crippen LogP contribution in [0.2, 0.25) is 0 Å². The Kier molecular flexibility index (Phi) is 5.72. The van der Waals surface area contributed by atoms with Crippen molar-refractivity contribution in [2.75, 3.05) is 20.2 Å². The van der Waals surface area contributed by atoms with Crippen LogP contribution in [0.4, 0.5) is 0 Å². The molecule has 1 atom stereocenters. The summed E-state index contributed by atoms with van der Waals surface area (Å²) in [5.74, 6) is 1.68. The van der Waals surface area contributed by atoms with Crippen LogP contribution >= 0.6 is 0 Å². The third-order valence-electron chi connectivity index (χ3n) is 2.24. The second kappa shape index (κ2) is 7.12. The van der Waals surface area contributed by atoms with E-state index < -0.39 is 0 Å². The molecule has 1 rings (SSSR count). The van der Waals surface area contributed by atoms with Crippen LogP contribution in [0.25, 0.3) is 0 Å². The predicted octanol–water partition coefficient (Wildman–Crippen LogP) is 2.46. The van der Waals surface area contributed by atoms with Crippen molar-refractivity contribution >= 4 is 0 Å². The lowest BCUT2D eigenvalue weighted by atomic mass is 10.3. The van der Waals surface area contributed by atoms with E-state index in [0.717, 1.165) is 31.0 Å². The van der Waals surface area contributed by atoms with Gasteiger partial charge in [0.15, 0.2) is 0 Å². The molecule has 0 amide bonds. The Morgan fingerprint density at radius 1 is 1.31 bits per heavy atom. The number of nitrogens with one attached hydrogen (secondary N) is 1. The van der Waals surface area contributed by atoms with Crippen LogP contribution in [0.5, 0.6) is 11.5 Å². The summed E-state index contributed by atoms with van der Waals surface area (Å²) >= 11 is 0. The van der Waals surface area contributed by atoms with Crippen LogP contribution < -0.4 is 14.8 Å². The Morgan fingerprint density at radius 3 is 2.75 bits per heavy atom. The largest absolute Gasteiger partial charge is 0.497 e. The van der Waals surface area contributed by atoms with E-state index in [4.69, 9.17) is 9.47 Å². The fraction of sp³-hybridized carbons (Fsp3) is 0.538. The van der Waals surface area contributed by atoms with Crippen molar-refractivity contribution in [3.05, 3.63) is 24.3 Å². The van der Waals surface area contributed by atoms with Gasteiger partial charge in [-0.3, -0.25) is 0 Å². The van der Waals surface area contributed by atoms with Gasteiger partial charge < -0.3 is 14.8 Å². The molecule has 0 aliphatic rings. The van der Waals surface area contributed by atoms with Gasteiger partial charge in [0.25, 0.3) is 0 Å². The molecular weight excluding hydrogens is 202 g/mol. The van der Waals surface area contributed by atoms with Crippen LogP contribution in [0.3, 0.4) is 0 Å². The van der Waals surface area contributed by atoms with Gasteiger partial charge in [0, 0.05) is 12.6 Å². The first-order chi connectivity index (χ1) is 7.76. The van der Waals surface area contributed by atoms with Crippen LogP contribution in [0, 0.1) is 0 Å². The second-order valence-electron chi connectivity index (χ2n) is 3.81. The molecule has 0 aromatic heterocycles. The van der Waals surface area contributed by atoms with E-state index in [1.807, 2.05) is 24.3 Å². The minimum absolute atomic E-state index is 0.165. The van der Waals surface area contributed by atoms with Gasteiger partial charge in [-0.1, -0.05) is 13.0 Å². The normalized spacial score (nSPS) is 12.2. The van der Waals surface area contributed by atoms with Crippen LogP contribution in [-0.4, -0.2) is 26.3 Å². The van der Waals surface area contributed by atoms with E-state index in [2.05, 4.69) is 19.2 Å². The average molecular weight is 223 g/mol. The van der Waals surface area contributed by atoms with E-state index >= 15 is 0 Å². The number of benzene rings is 1. The van der Waals surface area contributed by atoms with Crippen molar-refractivity contribution in [3.63, 3.8) is 0 Å². The minimum atomic E-state index is 0.165. The van der Waals surface area contributed by atoms with Gasteiger partial charge in [0.1, 0.15) is 17.6 Å². The molecule has 0 fully saturated rings. The molecule has 1 aromatic rings. The first kappa shape index (κ1) is 12.8. The van der Waals surface area contributed by atoms with Crippen molar-refractivity contribution in [2.45, 2.75) is 26.4 Å². The molecule has 0 spiro atoms. The van der Waals surface area contributed by atoms with E-state index in [1.54, 1.807) is 7.11 Å². The van der Waals surface area contributed by atoms with E-state index in [9.17, 15) is 0 Å². The number of hydrogen-bond acceptors (Lipinski definition) is 3. The Bertz CT molecular complexity index is 302. The zero-order valence-electron chi connectivity index (χ0n) is 10.3. The summed E-state index contributed by atoms with van der Waals surface area (Å²) in [5.41, 5.74) is 0. The number of rotatable bonds is 7. The highest BCUT2D eigenvalue weighted by atomic mass is 16.5. The highest BCUT2D eigenvalue weighted by Gasteiger charge is 2.03. The summed E-state index contributed by atoms with van der Waals surface area (Å²) < 4.78 is 10.9. The SMILES string of the molecule is CCCNCC(C)Oc1cccc(OC)c1. The summed E-state index contributed by atoms with van der Waals surface area (Å²) in [5, 5.41) is 3.33. The van der Waals surface area contributed by atoms with Gasteiger partial charge in [-0.05, 0) is 32.0 Å². The summed E-state index contributed by atoms with van der Waals surface area (Å²) in [6.07, 6.45) is 1.31. The van der Waals surface area contributed by atoms with Crippen molar-refractivity contribution in [1.29, 1.82) is 0 Å². The lowest BCUT2D eigenvalue weighted by Crippen LogP contribution is -2.29. The van der Waals surface area contributed by atoms with Crippen molar-refractivity contribution in [3.8, 4) is 11.5 Å². The standard InChI is InChI=1S/C13H21NO2/c1-4-8-14-10-11(2)16-13-7-5-6-12(9-13)15-3/h5-7,9,11,14H,4,8,10H2,1-3H3. The third-order valence-corrected chi connectivity index (χ3v) is 2.24. The third kappa shape index (κ3) is 4.53. The second-order valence-corrected chi connectivity index (χ2v) is 3.81. The molecule has 1 aromatic carbocycles. The van der Waals surface area contributed by atoms with Gasteiger partial charge in [-0.2, -0.15) is 0 Å². The molecule has 0 aliphatic heterocycles. The predicted molar refractivity (Wildman–Crippen MR) is 66.2 cm³/mol. The fourth-order valence-corrected chi connectivity index (χ4v) is 1.43.